The molecule has 67 heavy (non-hydrogen) atoms. The Morgan fingerprint density at radius 2 is 0.597 bits per heavy atom. The van der Waals surface area contributed by atoms with Crippen LogP contribution in [0.1, 0.15) is 0 Å². The summed E-state index contributed by atoms with van der Waals surface area (Å²) in [4.78, 5) is 0. The quantitative estimate of drug-likeness (QED) is 0.130. The molecule has 12 aromatic carbocycles. The topological polar surface area (TPSA) is 26.3 Å². The third kappa shape index (κ3) is 5.39. The van der Waals surface area contributed by atoms with Gasteiger partial charge in [0.1, 0.15) is 0 Å². The summed E-state index contributed by atoms with van der Waals surface area (Å²) in [6.45, 7) is 0. The van der Waals surface area contributed by atoms with Gasteiger partial charge in [0.15, 0.2) is 0 Å². The van der Waals surface area contributed by atoms with Gasteiger partial charge in [-0.05, 0) is 6.07 Å². The van der Waals surface area contributed by atoms with Crippen LogP contribution < -0.4 is 0 Å². The molecule has 0 unspecified atom stereocenters. The van der Waals surface area contributed by atoms with Gasteiger partial charge in [-0.1, -0.05) is 18.2 Å². The zero-order chi connectivity index (χ0) is 43.7. The standard InChI is InChI=1S/C64H36O2Se/c1-3-18-45-43(16-1)60(37-29-32-57-53(34-37)40-14-9-11-26-55(40)65-57)44-17-2-4-19-46(44)62(45)39-28-31-42-51-24-13-25-52(64(51)67-59(42)36-39)63-49-22-7-5-20-47(49)61(48-21-6-8-23-50(48)63)38-30-33-58-54(35-38)41-15-10-12-27-56(41)66-58/h1-36H. The van der Waals surface area contributed by atoms with Crippen LogP contribution in [0.3, 0.4) is 0 Å². The van der Waals surface area contributed by atoms with Crippen molar-refractivity contribution in [2.45, 2.75) is 0 Å². The van der Waals surface area contributed by atoms with Crippen LogP contribution in [-0.2, 0) is 0 Å². The summed E-state index contributed by atoms with van der Waals surface area (Å²) in [5.74, 6) is 0. The molecule has 0 bridgehead atoms. The van der Waals surface area contributed by atoms with E-state index in [2.05, 4.69) is 206 Å². The van der Waals surface area contributed by atoms with Gasteiger partial charge in [0.2, 0.25) is 0 Å². The molecule has 0 aliphatic heterocycles. The molecule has 0 aliphatic rings. The summed E-state index contributed by atoms with van der Waals surface area (Å²) >= 11 is 0.0693. The molecule has 15 aromatic rings. The maximum absolute atomic E-state index is 6.28. The van der Waals surface area contributed by atoms with E-state index in [0.29, 0.717) is 0 Å². The molecule has 0 aliphatic carbocycles. The molecule has 0 saturated carbocycles. The second kappa shape index (κ2) is 14.1. The first kappa shape index (κ1) is 37.1. The summed E-state index contributed by atoms with van der Waals surface area (Å²) < 4.78 is 15.4. The molecule has 3 heteroatoms. The van der Waals surface area contributed by atoms with Gasteiger partial charge in [0, 0.05) is 0 Å². The van der Waals surface area contributed by atoms with Crippen LogP contribution in [0.15, 0.2) is 227 Å². The van der Waals surface area contributed by atoms with E-state index in [-0.39, 0.29) is 14.5 Å². The summed E-state index contributed by atoms with van der Waals surface area (Å²) in [6.07, 6.45) is 0. The van der Waals surface area contributed by atoms with Gasteiger partial charge < -0.3 is 0 Å². The van der Waals surface area contributed by atoms with Crippen LogP contribution in [0.25, 0.3) is 151 Å². The molecular weight excluding hydrogens is 880 g/mol. The Labute approximate surface area is 390 Å². The first-order valence-corrected chi connectivity index (χ1v) is 24.6. The summed E-state index contributed by atoms with van der Waals surface area (Å²) in [5.41, 5.74) is 13.7. The molecule has 0 atom stereocenters. The molecule has 3 aromatic heterocycles. The molecule has 3 heterocycles. The summed E-state index contributed by atoms with van der Waals surface area (Å²) in [7, 11) is 0. The van der Waals surface area contributed by atoms with Crippen molar-refractivity contribution in [3.05, 3.63) is 218 Å². The summed E-state index contributed by atoms with van der Waals surface area (Å²) in [6, 6.07) is 80.4. The van der Waals surface area contributed by atoms with Gasteiger partial charge in [0.05, 0.1) is 0 Å². The van der Waals surface area contributed by atoms with Crippen molar-refractivity contribution in [1.29, 1.82) is 0 Å². The van der Waals surface area contributed by atoms with E-state index in [9.17, 15) is 0 Å². The number of fused-ring (bicyclic) bond motifs is 13. The third-order valence-electron chi connectivity index (χ3n) is 14.3. The first-order chi connectivity index (χ1) is 33.2. The average Bonchev–Trinajstić information content (AvgIpc) is 4.08. The van der Waals surface area contributed by atoms with Gasteiger partial charge in [0.25, 0.3) is 0 Å². The minimum absolute atomic E-state index is 0.0693. The second-order valence-corrected chi connectivity index (χ2v) is 20.0. The van der Waals surface area contributed by atoms with Crippen molar-refractivity contribution in [3.63, 3.8) is 0 Å². The predicted octanol–water partition coefficient (Wildman–Crippen LogP) is 18.1. The number of rotatable bonds is 4. The second-order valence-electron chi connectivity index (χ2n) is 17.8. The fraction of sp³-hybridized carbons (Fsp3) is 0. The van der Waals surface area contributed by atoms with E-state index in [1.54, 1.807) is 0 Å². The number of para-hydroxylation sites is 2. The molecular formula is C64H36O2Se. The van der Waals surface area contributed by atoms with Crippen molar-refractivity contribution in [2.24, 2.45) is 0 Å². The Morgan fingerprint density at radius 3 is 1.06 bits per heavy atom. The van der Waals surface area contributed by atoms with Gasteiger partial charge in [-0.2, -0.15) is 0 Å². The van der Waals surface area contributed by atoms with E-state index in [4.69, 9.17) is 8.83 Å². The van der Waals surface area contributed by atoms with Crippen LogP contribution >= 0.6 is 0 Å². The van der Waals surface area contributed by atoms with Crippen molar-refractivity contribution in [3.8, 4) is 44.5 Å². The van der Waals surface area contributed by atoms with E-state index in [1.165, 1.54) is 107 Å². The molecule has 15 rings (SSSR count). The number of hydrogen-bond donors (Lipinski definition) is 0. The first-order valence-electron chi connectivity index (χ1n) is 22.9. The molecule has 2 nitrogen and oxygen atoms in total. The molecule has 0 saturated heterocycles. The van der Waals surface area contributed by atoms with Crippen molar-refractivity contribution >= 4 is 121 Å². The van der Waals surface area contributed by atoms with Crippen LogP contribution in [-0.4, -0.2) is 14.5 Å². The zero-order valence-electron chi connectivity index (χ0n) is 36.0. The van der Waals surface area contributed by atoms with E-state index >= 15 is 0 Å². The normalized spacial score (nSPS) is 12.2. The monoisotopic (exact) mass is 916 g/mol. The van der Waals surface area contributed by atoms with Gasteiger partial charge >= 0.3 is 368 Å². The third-order valence-corrected chi connectivity index (χ3v) is 16.8. The molecule has 0 N–H and O–H groups in total. The Balaban J connectivity index is 0.933. The molecule has 310 valence electrons. The average molecular weight is 916 g/mol. The SMILES string of the molecule is c1ccc2c(c1)oc1ccc(-c3c4ccccc4c(-c4ccc5c(c4)[se]c4c(-c6c7ccccc7c(-c7ccc8oc9ccccc9c8c7)c7ccccc67)cccc45)c4ccccc34)cc12. The molecule has 0 spiro atoms. The van der Waals surface area contributed by atoms with Crippen molar-refractivity contribution < 1.29 is 8.83 Å². The van der Waals surface area contributed by atoms with Gasteiger partial charge in [-0.15, -0.1) is 0 Å². The van der Waals surface area contributed by atoms with Crippen LogP contribution in [0.4, 0.5) is 0 Å². The Morgan fingerprint density at radius 1 is 0.239 bits per heavy atom. The fourth-order valence-corrected chi connectivity index (χ4v) is 14.0. The number of benzene rings is 12. The molecule has 0 amide bonds. The molecule has 0 radical (unpaired) electrons. The zero-order valence-corrected chi connectivity index (χ0v) is 37.7. The van der Waals surface area contributed by atoms with Crippen molar-refractivity contribution in [2.75, 3.05) is 0 Å². The van der Waals surface area contributed by atoms with E-state index < -0.39 is 0 Å². The minimum atomic E-state index is 0.0693. The van der Waals surface area contributed by atoms with E-state index in [1.807, 2.05) is 12.1 Å². The number of hydrogen-bond acceptors (Lipinski definition) is 2. The Bertz CT molecular complexity index is 4470. The van der Waals surface area contributed by atoms with Gasteiger partial charge in [-0.25, -0.2) is 0 Å². The molecule has 0 fully saturated rings. The predicted molar refractivity (Wildman–Crippen MR) is 285 cm³/mol. The van der Waals surface area contributed by atoms with Crippen LogP contribution in [0.5, 0.6) is 0 Å². The van der Waals surface area contributed by atoms with E-state index in [0.717, 1.165) is 43.9 Å². The van der Waals surface area contributed by atoms with Crippen LogP contribution in [0.2, 0.25) is 0 Å². The number of furan rings is 2. The summed E-state index contributed by atoms with van der Waals surface area (Å²) in [5, 5.41) is 17.3. The fourth-order valence-electron chi connectivity index (χ4n) is 11.4. The van der Waals surface area contributed by atoms with Crippen molar-refractivity contribution in [1.82, 2.24) is 0 Å². The maximum atomic E-state index is 6.28. The Kier molecular flexibility index (Phi) is 7.83. The Hall–Kier alpha value is -8.20. The van der Waals surface area contributed by atoms with Gasteiger partial charge in [-0.3, -0.25) is 0 Å². The van der Waals surface area contributed by atoms with Crippen LogP contribution in [0, 0.1) is 0 Å².